The Labute approximate surface area is 147 Å². The first-order valence-electron chi connectivity index (χ1n) is 8.10. The summed E-state index contributed by atoms with van der Waals surface area (Å²) in [6.45, 7) is 0.239. The summed E-state index contributed by atoms with van der Waals surface area (Å²) in [5.41, 5.74) is 2.56. The van der Waals surface area contributed by atoms with E-state index in [1.807, 2.05) is 12.1 Å². The van der Waals surface area contributed by atoms with Crippen molar-refractivity contribution in [1.82, 2.24) is 0 Å². The molecular formula is C19H12NO6+. The van der Waals surface area contributed by atoms with E-state index in [9.17, 15) is 4.79 Å². The molecule has 2 aromatic carbocycles. The zero-order valence-corrected chi connectivity index (χ0v) is 13.7. The van der Waals surface area contributed by atoms with Gasteiger partial charge in [-0.2, -0.15) is 0 Å². The Morgan fingerprint density at radius 1 is 1.00 bits per heavy atom. The molecule has 3 aromatic rings. The summed E-state index contributed by atoms with van der Waals surface area (Å²) < 4.78 is 28.0. The number of rotatable bonds is 1. The monoisotopic (exact) mass is 350 g/mol. The first-order valence-corrected chi connectivity index (χ1v) is 8.10. The SMILES string of the molecule is COc1c2c(c3c4c([nH+]ccc14)C(=O)c1cc4c(cc1-3)OCO4)OCO2. The van der Waals surface area contributed by atoms with Crippen molar-refractivity contribution in [2.45, 2.75) is 0 Å². The minimum absolute atomic E-state index is 0.0991. The van der Waals surface area contributed by atoms with Gasteiger partial charge in [0.05, 0.1) is 12.5 Å². The second-order valence-electron chi connectivity index (χ2n) is 6.19. The van der Waals surface area contributed by atoms with E-state index in [2.05, 4.69) is 4.98 Å². The van der Waals surface area contributed by atoms with Crippen molar-refractivity contribution in [1.29, 1.82) is 0 Å². The summed E-state index contributed by atoms with van der Waals surface area (Å²) in [4.78, 5) is 16.2. The minimum atomic E-state index is -0.114. The molecule has 1 aliphatic carbocycles. The van der Waals surface area contributed by atoms with Crippen molar-refractivity contribution in [2.24, 2.45) is 0 Å². The number of benzene rings is 2. The number of hydrogen-bond acceptors (Lipinski definition) is 6. The highest BCUT2D eigenvalue weighted by molar-refractivity contribution is 6.26. The number of nitrogens with one attached hydrogen (secondary N) is 1. The van der Waals surface area contributed by atoms with E-state index in [4.69, 9.17) is 23.7 Å². The van der Waals surface area contributed by atoms with E-state index in [0.29, 0.717) is 40.0 Å². The zero-order chi connectivity index (χ0) is 17.4. The van der Waals surface area contributed by atoms with Gasteiger partial charge in [-0.25, -0.2) is 4.98 Å². The quantitative estimate of drug-likeness (QED) is 0.524. The highest BCUT2D eigenvalue weighted by Crippen LogP contribution is 2.56. The fourth-order valence-electron chi connectivity index (χ4n) is 3.93. The molecule has 7 heteroatoms. The molecule has 0 saturated heterocycles. The predicted molar refractivity (Wildman–Crippen MR) is 88.2 cm³/mol. The van der Waals surface area contributed by atoms with Gasteiger partial charge < -0.3 is 23.7 Å². The van der Waals surface area contributed by atoms with Gasteiger partial charge in [0.2, 0.25) is 19.3 Å². The van der Waals surface area contributed by atoms with Crippen LogP contribution in [-0.4, -0.2) is 26.5 Å². The molecule has 1 aromatic heterocycles. The lowest BCUT2D eigenvalue weighted by molar-refractivity contribution is -0.379. The molecule has 7 nitrogen and oxygen atoms in total. The summed E-state index contributed by atoms with van der Waals surface area (Å²) in [5.74, 6) is 2.74. The van der Waals surface area contributed by atoms with Gasteiger partial charge in [0.15, 0.2) is 29.2 Å². The number of pyridine rings is 1. The van der Waals surface area contributed by atoms with Crippen molar-refractivity contribution < 1.29 is 33.5 Å². The van der Waals surface area contributed by atoms with E-state index >= 15 is 0 Å². The van der Waals surface area contributed by atoms with Gasteiger partial charge in [-0.3, -0.25) is 4.79 Å². The summed E-state index contributed by atoms with van der Waals surface area (Å²) in [6, 6.07) is 5.42. The van der Waals surface area contributed by atoms with Crippen molar-refractivity contribution in [3.8, 4) is 39.9 Å². The Morgan fingerprint density at radius 2 is 1.73 bits per heavy atom. The van der Waals surface area contributed by atoms with Crippen molar-refractivity contribution in [3.05, 3.63) is 35.7 Å². The third-order valence-corrected chi connectivity index (χ3v) is 5.00. The molecule has 0 amide bonds. The minimum Gasteiger partial charge on any atom is -0.492 e. The number of ketones is 1. The number of aromatic nitrogens is 1. The molecular weight excluding hydrogens is 338 g/mol. The number of H-pyrrole nitrogens is 1. The largest absolute Gasteiger partial charge is 0.492 e. The molecule has 2 aliphatic heterocycles. The number of aromatic amines is 1. The molecule has 0 radical (unpaired) electrons. The van der Waals surface area contributed by atoms with Crippen LogP contribution in [0.25, 0.3) is 21.9 Å². The maximum absolute atomic E-state index is 13.2. The number of carbonyl (C=O) groups excluding carboxylic acids is 1. The van der Waals surface area contributed by atoms with E-state index in [-0.39, 0.29) is 19.4 Å². The number of fused-ring (bicyclic) bond motifs is 5. The van der Waals surface area contributed by atoms with Crippen LogP contribution >= 0.6 is 0 Å². The molecule has 3 aliphatic rings. The van der Waals surface area contributed by atoms with Crippen LogP contribution < -0.4 is 28.7 Å². The lowest BCUT2D eigenvalue weighted by Crippen LogP contribution is -2.22. The van der Waals surface area contributed by atoms with Gasteiger partial charge in [0.1, 0.15) is 0 Å². The van der Waals surface area contributed by atoms with E-state index in [1.54, 1.807) is 19.4 Å². The van der Waals surface area contributed by atoms with Crippen LogP contribution in [0.1, 0.15) is 16.1 Å². The normalized spacial score (nSPS) is 15.3. The van der Waals surface area contributed by atoms with Crippen LogP contribution in [0, 0.1) is 0 Å². The van der Waals surface area contributed by atoms with Crippen molar-refractivity contribution >= 4 is 16.6 Å². The second kappa shape index (κ2) is 4.57. The molecule has 6 rings (SSSR count). The Bertz CT molecular complexity index is 1150. The maximum Gasteiger partial charge on any atom is 0.260 e. The fourth-order valence-corrected chi connectivity index (χ4v) is 3.93. The molecule has 0 spiro atoms. The smallest absolute Gasteiger partial charge is 0.260 e. The number of methoxy groups -OCH3 is 1. The maximum atomic E-state index is 13.2. The van der Waals surface area contributed by atoms with E-state index < -0.39 is 0 Å². The van der Waals surface area contributed by atoms with Crippen LogP contribution in [0.5, 0.6) is 28.7 Å². The first kappa shape index (κ1) is 13.8. The molecule has 0 bridgehead atoms. The lowest BCUT2D eigenvalue weighted by atomic mass is 9.84. The van der Waals surface area contributed by atoms with Gasteiger partial charge in [-0.1, -0.05) is 0 Å². The summed E-state index contributed by atoms with van der Waals surface area (Å²) in [7, 11) is 1.58. The zero-order valence-electron chi connectivity index (χ0n) is 13.7. The van der Waals surface area contributed by atoms with Crippen molar-refractivity contribution in [3.63, 3.8) is 0 Å². The molecule has 0 unspecified atom stereocenters. The van der Waals surface area contributed by atoms with Gasteiger partial charge in [-0.05, 0) is 12.1 Å². The summed E-state index contributed by atoms with van der Waals surface area (Å²) >= 11 is 0. The Balaban J connectivity index is 1.83. The highest BCUT2D eigenvalue weighted by Gasteiger charge is 2.39. The third-order valence-electron chi connectivity index (χ3n) is 5.00. The van der Waals surface area contributed by atoms with Crippen LogP contribution in [0.15, 0.2) is 24.4 Å². The average Bonchev–Trinajstić information content (AvgIpc) is 3.32. The number of ether oxygens (including phenoxy) is 5. The van der Waals surface area contributed by atoms with Gasteiger partial charge in [0.25, 0.3) is 11.5 Å². The number of carbonyl (C=O) groups is 1. The van der Waals surface area contributed by atoms with Gasteiger partial charge in [0, 0.05) is 28.1 Å². The van der Waals surface area contributed by atoms with E-state index in [0.717, 1.165) is 21.9 Å². The van der Waals surface area contributed by atoms with E-state index in [1.165, 1.54) is 0 Å². The topological polar surface area (TPSA) is 77.4 Å². The molecule has 0 fully saturated rings. The average molecular weight is 350 g/mol. The van der Waals surface area contributed by atoms with Crippen molar-refractivity contribution in [2.75, 3.05) is 20.7 Å². The standard InChI is InChI=1S/C19H11NO6/c1-22-17-8-2-3-20-15-13(8)14(18-19(17)26-7-25-18)9-4-11-12(24-6-23-11)5-10(9)16(15)21/h2-5H,6-7H2,1H3/p+1. The molecule has 1 N–H and O–H groups in total. The Hall–Kier alpha value is -3.48. The van der Waals surface area contributed by atoms with Crippen LogP contribution in [0.3, 0.4) is 0 Å². The first-order chi connectivity index (χ1) is 12.8. The number of hydrogen-bond donors (Lipinski definition) is 0. The summed E-state index contributed by atoms with van der Waals surface area (Å²) in [6.07, 6.45) is 1.72. The predicted octanol–water partition coefficient (Wildman–Crippen LogP) is 2.33. The van der Waals surface area contributed by atoms with Crippen LogP contribution in [-0.2, 0) is 0 Å². The second-order valence-corrected chi connectivity index (χ2v) is 6.19. The Morgan fingerprint density at radius 3 is 2.54 bits per heavy atom. The fraction of sp³-hybridized carbons (Fsp3) is 0.158. The lowest BCUT2D eigenvalue weighted by Gasteiger charge is -2.20. The third kappa shape index (κ3) is 1.49. The van der Waals surface area contributed by atoms with Crippen LogP contribution in [0.4, 0.5) is 0 Å². The molecule has 26 heavy (non-hydrogen) atoms. The van der Waals surface area contributed by atoms with Crippen LogP contribution in [0.2, 0.25) is 0 Å². The Kier molecular flexibility index (Phi) is 2.42. The summed E-state index contributed by atoms with van der Waals surface area (Å²) in [5, 5.41) is 1.54. The molecule has 0 atom stereocenters. The highest BCUT2D eigenvalue weighted by atomic mass is 16.7. The van der Waals surface area contributed by atoms with Gasteiger partial charge >= 0.3 is 0 Å². The molecule has 3 heterocycles. The molecule has 128 valence electrons. The molecule has 0 saturated carbocycles. The van der Waals surface area contributed by atoms with Gasteiger partial charge in [-0.15, -0.1) is 0 Å².